The fraction of sp³-hybridized carbons (Fsp3) is 0.614. The van der Waals surface area contributed by atoms with Crippen molar-refractivity contribution in [2.24, 2.45) is 17.8 Å². The maximum absolute atomic E-state index is 14.2. The van der Waals surface area contributed by atoms with Gasteiger partial charge in [0.1, 0.15) is 29.9 Å². The van der Waals surface area contributed by atoms with E-state index < -0.39 is 96.3 Å². The van der Waals surface area contributed by atoms with Crippen molar-refractivity contribution in [3.05, 3.63) is 53.1 Å². The van der Waals surface area contributed by atoms with Gasteiger partial charge < -0.3 is 46.0 Å². The fourth-order valence-corrected chi connectivity index (χ4v) is 6.70. The first-order chi connectivity index (χ1) is 28.0. The van der Waals surface area contributed by atoms with Gasteiger partial charge in [0.15, 0.2) is 6.10 Å². The number of hydrogen-bond acceptors (Lipinski definition) is 10. The Labute approximate surface area is 354 Å². The third-order valence-electron chi connectivity index (χ3n) is 11.1. The summed E-state index contributed by atoms with van der Waals surface area (Å²) < 4.78 is 5.66. The molecule has 1 unspecified atom stereocenters. The first-order valence-corrected chi connectivity index (χ1v) is 20.7. The number of aliphatic hydroxyl groups excluding tert-OH is 1. The Morgan fingerprint density at radius 1 is 0.883 bits per heavy atom. The van der Waals surface area contributed by atoms with E-state index in [1.54, 1.807) is 45.9 Å². The number of amides is 6. The topological polar surface area (TPSA) is 224 Å². The van der Waals surface area contributed by atoms with Crippen molar-refractivity contribution in [3.63, 3.8) is 0 Å². The van der Waals surface area contributed by atoms with Crippen molar-refractivity contribution < 1.29 is 48.5 Å². The maximum Gasteiger partial charge on any atom is 0.334 e. The fourth-order valence-electron chi connectivity index (χ4n) is 6.70. The Balaban J connectivity index is 2.63. The molecule has 6 amide bonds. The number of benzene rings is 1. The summed E-state index contributed by atoms with van der Waals surface area (Å²) in [6.07, 6.45) is 1.59. The first kappa shape index (κ1) is 50.9. The number of allylic oxidation sites excluding steroid dienone is 1. The van der Waals surface area contributed by atoms with Gasteiger partial charge in [-0.25, -0.2) is 4.79 Å². The van der Waals surface area contributed by atoms with Crippen molar-refractivity contribution in [1.82, 2.24) is 31.1 Å². The minimum absolute atomic E-state index is 0.00297. The van der Waals surface area contributed by atoms with Crippen LogP contribution >= 0.6 is 0 Å². The zero-order valence-corrected chi connectivity index (χ0v) is 37.3. The van der Waals surface area contributed by atoms with Gasteiger partial charge in [-0.05, 0) is 77.0 Å². The summed E-state index contributed by atoms with van der Waals surface area (Å²) in [5, 5.41) is 32.1. The minimum Gasteiger partial charge on any atom is -0.508 e. The summed E-state index contributed by atoms with van der Waals surface area (Å²) in [6, 6.07) is 0.911. The second kappa shape index (κ2) is 23.5. The molecule has 2 rings (SSSR count). The summed E-state index contributed by atoms with van der Waals surface area (Å²) >= 11 is 0. The molecule has 6 N–H and O–H groups in total. The lowest BCUT2D eigenvalue weighted by Gasteiger charge is -2.33. The maximum atomic E-state index is 14.2. The zero-order valence-electron chi connectivity index (χ0n) is 37.3. The number of rotatable bonds is 7. The molecule has 0 aromatic heterocycles. The number of carbonyl (C=O) groups excluding carboxylic acids is 7. The SMILES string of the molecule is C/C=C(\C)[C@H]1NC(=O)[C@@H](C)NC(=O)[C@H](C(C)CC)NC(=O)CN(C)C(=O)[C@@H](Cc2ccc(O)cc2)N(C)C(=O)[C@H](C)NC(=O)[C@@H](CC(C)C)OC(=O)/C(C)=C/C[C@H](O)[C@@H]1C. The predicted molar refractivity (Wildman–Crippen MR) is 227 cm³/mol. The van der Waals surface area contributed by atoms with Crippen LogP contribution in [0.25, 0.3) is 0 Å². The van der Waals surface area contributed by atoms with E-state index in [0.717, 1.165) is 10.5 Å². The van der Waals surface area contributed by atoms with Crippen LogP contribution in [0, 0.1) is 17.8 Å². The summed E-state index contributed by atoms with van der Waals surface area (Å²) in [6.45, 7) is 16.6. The molecule has 1 aromatic carbocycles. The molecule has 16 nitrogen and oxygen atoms in total. The van der Waals surface area contributed by atoms with E-state index in [2.05, 4.69) is 21.3 Å². The van der Waals surface area contributed by atoms with Crippen LogP contribution in [0.15, 0.2) is 47.6 Å². The van der Waals surface area contributed by atoms with Crippen LogP contribution in [0.4, 0.5) is 0 Å². The van der Waals surface area contributed by atoms with Crippen molar-refractivity contribution in [2.45, 2.75) is 137 Å². The monoisotopic (exact) mass is 840 g/mol. The van der Waals surface area contributed by atoms with Crippen LogP contribution in [0.1, 0.15) is 94.1 Å². The molecular weight excluding hydrogens is 773 g/mol. The third-order valence-corrected chi connectivity index (χ3v) is 11.1. The molecule has 0 fully saturated rings. The van der Waals surface area contributed by atoms with Crippen molar-refractivity contribution in [3.8, 4) is 5.75 Å². The van der Waals surface area contributed by atoms with Gasteiger partial charge in [0.05, 0.1) is 18.7 Å². The molecule has 1 aromatic rings. The van der Waals surface area contributed by atoms with Crippen LogP contribution < -0.4 is 21.3 Å². The number of ether oxygens (including phenoxy) is 1. The average molecular weight is 841 g/mol. The van der Waals surface area contributed by atoms with Crippen LogP contribution in [0.3, 0.4) is 0 Å². The Kier molecular flexibility index (Phi) is 19.9. The summed E-state index contributed by atoms with van der Waals surface area (Å²) in [4.78, 5) is 98.1. The van der Waals surface area contributed by atoms with Crippen LogP contribution in [-0.4, -0.2) is 124 Å². The molecule has 60 heavy (non-hydrogen) atoms. The zero-order chi connectivity index (χ0) is 45.6. The molecular formula is C44H68N6O10. The summed E-state index contributed by atoms with van der Waals surface area (Å²) in [7, 11) is 2.78. The molecule has 0 bridgehead atoms. The van der Waals surface area contributed by atoms with Crippen LogP contribution in [-0.2, 0) is 44.7 Å². The Morgan fingerprint density at radius 2 is 1.48 bits per heavy atom. The average Bonchev–Trinajstić information content (AvgIpc) is 3.20. The van der Waals surface area contributed by atoms with E-state index in [0.29, 0.717) is 12.0 Å². The Morgan fingerprint density at radius 3 is 2.05 bits per heavy atom. The van der Waals surface area contributed by atoms with E-state index in [9.17, 15) is 43.8 Å². The normalized spacial score (nSPS) is 28.5. The molecule has 0 aliphatic carbocycles. The summed E-state index contributed by atoms with van der Waals surface area (Å²) in [5.74, 6) is -5.62. The first-order valence-electron chi connectivity index (χ1n) is 20.7. The Hall–Kier alpha value is -5.25. The number of phenols is 1. The molecule has 16 heteroatoms. The molecule has 1 aliphatic rings. The van der Waals surface area contributed by atoms with E-state index in [-0.39, 0.29) is 42.4 Å². The largest absolute Gasteiger partial charge is 0.508 e. The molecule has 0 spiro atoms. The van der Waals surface area contributed by atoms with Gasteiger partial charge in [-0.1, -0.05) is 70.9 Å². The number of cyclic esters (lactones) is 1. The molecule has 0 saturated heterocycles. The highest BCUT2D eigenvalue weighted by atomic mass is 16.5. The van der Waals surface area contributed by atoms with Crippen LogP contribution in [0.2, 0.25) is 0 Å². The van der Waals surface area contributed by atoms with Crippen molar-refractivity contribution in [2.75, 3.05) is 20.6 Å². The van der Waals surface area contributed by atoms with Crippen LogP contribution in [0.5, 0.6) is 5.75 Å². The van der Waals surface area contributed by atoms with Gasteiger partial charge in [-0.15, -0.1) is 0 Å². The van der Waals surface area contributed by atoms with E-state index in [4.69, 9.17) is 4.74 Å². The Bertz CT molecular complexity index is 1740. The predicted octanol–water partition coefficient (Wildman–Crippen LogP) is 2.52. The van der Waals surface area contributed by atoms with Gasteiger partial charge in [-0.3, -0.25) is 28.8 Å². The number of phenolic OH excluding ortho intramolecular Hbond substituents is 1. The lowest BCUT2D eigenvalue weighted by molar-refractivity contribution is -0.154. The minimum atomic E-state index is -1.28. The van der Waals surface area contributed by atoms with E-state index in [1.165, 1.54) is 58.0 Å². The highest BCUT2D eigenvalue weighted by Crippen LogP contribution is 2.21. The lowest BCUT2D eigenvalue weighted by Crippen LogP contribution is -2.58. The standard InChI is InChI=1S/C44H68N6O10/c1-13-25(5)37-28(8)34(52)20-15-27(7)44(59)60-35(21-24(3)4)40(55)46-30(10)42(57)50(12)33(22-31-16-18-32(51)19-17-31)43(58)49(11)23-36(53)47-38(26(6)14-2)41(56)45-29(9)39(54)48-37/h13,15-19,24,26,28-30,33-35,37-38,51-52H,14,20-23H2,1-12H3,(H,45,56)(H,46,55)(H,47,53)(H,48,54)/b25-13+,27-15+/t26?,28-,29+,30-,33+,34-,35+,37+,38-/m0/s1. The quantitative estimate of drug-likeness (QED) is 0.174. The molecule has 1 heterocycles. The third kappa shape index (κ3) is 14.8. The molecule has 9 atom stereocenters. The van der Waals surface area contributed by atoms with Gasteiger partial charge in [0.25, 0.3) is 5.91 Å². The van der Waals surface area contributed by atoms with Crippen molar-refractivity contribution >= 4 is 41.4 Å². The lowest BCUT2D eigenvalue weighted by atomic mass is 9.88. The second-order valence-electron chi connectivity index (χ2n) is 16.5. The number of likely N-dealkylation sites (N-methyl/N-ethyl adjacent to an activating group) is 2. The molecule has 1 aliphatic heterocycles. The molecule has 334 valence electrons. The second-order valence-corrected chi connectivity index (χ2v) is 16.5. The number of aliphatic hydroxyl groups is 1. The number of nitrogens with one attached hydrogen (secondary N) is 4. The molecule has 0 radical (unpaired) electrons. The number of carbonyl (C=O) groups is 7. The number of aromatic hydroxyl groups is 1. The van der Waals surface area contributed by atoms with E-state index in [1.807, 2.05) is 20.8 Å². The number of esters is 1. The number of nitrogens with zero attached hydrogens (tertiary/aromatic N) is 2. The van der Waals surface area contributed by atoms with Gasteiger partial charge in [0, 0.05) is 32.0 Å². The summed E-state index contributed by atoms with van der Waals surface area (Å²) in [5.41, 5.74) is 1.47. The smallest absolute Gasteiger partial charge is 0.334 e. The van der Waals surface area contributed by atoms with Gasteiger partial charge >= 0.3 is 5.97 Å². The highest BCUT2D eigenvalue weighted by Gasteiger charge is 2.36. The highest BCUT2D eigenvalue weighted by molar-refractivity contribution is 5.96. The van der Waals surface area contributed by atoms with Gasteiger partial charge in [-0.2, -0.15) is 0 Å². The number of hydrogen-bond donors (Lipinski definition) is 6. The van der Waals surface area contributed by atoms with E-state index >= 15 is 0 Å². The van der Waals surface area contributed by atoms with Gasteiger partial charge in [0.2, 0.25) is 29.5 Å². The molecule has 0 saturated carbocycles. The van der Waals surface area contributed by atoms with Crippen molar-refractivity contribution in [1.29, 1.82) is 0 Å².